The fourth-order valence-electron chi connectivity index (χ4n) is 0.956. The van der Waals surface area contributed by atoms with Gasteiger partial charge in [0.2, 0.25) is 0 Å². The van der Waals surface area contributed by atoms with Crippen LogP contribution in [0.15, 0.2) is 36.4 Å². The van der Waals surface area contributed by atoms with Crippen LogP contribution in [-0.2, 0) is 0 Å². The molecule has 0 aliphatic heterocycles. The summed E-state index contributed by atoms with van der Waals surface area (Å²) in [5.41, 5.74) is 1.27. The van der Waals surface area contributed by atoms with Crippen molar-refractivity contribution in [2.75, 3.05) is 0 Å². The molecule has 0 aliphatic rings. The molecule has 0 aliphatic carbocycles. The van der Waals surface area contributed by atoms with Gasteiger partial charge in [0.05, 0.1) is 0 Å². The number of alkyl halides is 1. The lowest BCUT2D eigenvalue weighted by Crippen LogP contribution is -1.83. The van der Waals surface area contributed by atoms with Crippen molar-refractivity contribution in [3.8, 4) is 0 Å². The summed E-state index contributed by atoms with van der Waals surface area (Å²) >= 11 is 3.50. The largest absolute Gasteiger partial charge is 0.0890 e. The Balaban J connectivity index is 2.47. The Kier molecular flexibility index (Phi) is 4.09. The van der Waals surface area contributed by atoms with E-state index in [2.05, 4.69) is 59.3 Å². The van der Waals surface area contributed by atoms with Gasteiger partial charge < -0.3 is 0 Å². The van der Waals surface area contributed by atoms with Crippen molar-refractivity contribution in [1.29, 1.82) is 0 Å². The molecule has 1 aromatic carbocycles. The van der Waals surface area contributed by atoms with Crippen LogP contribution in [0.3, 0.4) is 0 Å². The van der Waals surface area contributed by atoms with Crippen LogP contribution in [0.2, 0.25) is 0 Å². The summed E-state index contributed by atoms with van der Waals surface area (Å²) < 4.78 is 0. The first kappa shape index (κ1) is 9.53. The third-order valence-corrected chi connectivity index (χ3v) is 1.94. The molecule has 64 valence electrons. The topological polar surface area (TPSA) is 0 Å². The highest BCUT2D eigenvalue weighted by Gasteiger charge is 1.89. The minimum Gasteiger partial charge on any atom is -0.0890 e. The van der Waals surface area contributed by atoms with Crippen LogP contribution >= 0.6 is 15.9 Å². The maximum absolute atomic E-state index is 3.50. The van der Waals surface area contributed by atoms with Crippen LogP contribution in [-0.4, -0.2) is 4.83 Å². The minimum absolute atomic E-state index is 0.567. The Hall–Kier alpha value is -0.560. The van der Waals surface area contributed by atoms with Gasteiger partial charge >= 0.3 is 0 Å². The zero-order valence-corrected chi connectivity index (χ0v) is 8.79. The van der Waals surface area contributed by atoms with Crippen molar-refractivity contribution in [1.82, 2.24) is 0 Å². The second kappa shape index (κ2) is 5.15. The average Bonchev–Trinajstić information content (AvgIpc) is 2.05. The molecule has 12 heavy (non-hydrogen) atoms. The molecule has 0 spiro atoms. The van der Waals surface area contributed by atoms with E-state index in [1.165, 1.54) is 5.56 Å². The summed E-state index contributed by atoms with van der Waals surface area (Å²) in [6, 6.07) is 10.4. The van der Waals surface area contributed by atoms with E-state index >= 15 is 0 Å². The van der Waals surface area contributed by atoms with Crippen LogP contribution in [0.25, 0.3) is 6.08 Å². The SMILES string of the molecule is CC(Br)C/C=C/c1ccccc1. The molecule has 0 aromatic heterocycles. The van der Waals surface area contributed by atoms with E-state index in [0.717, 1.165) is 6.42 Å². The second-order valence-corrected chi connectivity index (χ2v) is 4.39. The van der Waals surface area contributed by atoms with Crippen molar-refractivity contribution >= 4 is 22.0 Å². The van der Waals surface area contributed by atoms with E-state index in [9.17, 15) is 0 Å². The molecule has 1 heteroatoms. The van der Waals surface area contributed by atoms with Gasteiger partial charge in [0, 0.05) is 4.83 Å². The van der Waals surface area contributed by atoms with Crippen LogP contribution in [0, 0.1) is 0 Å². The molecule has 0 bridgehead atoms. The van der Waals surface area contributed by atoms with Crippen molar-refractivity contribution < 1.29 is 0 Å². The molecule has 0 radical (unpaired) electrons. The summed E-state index contributed by atoms with van der Waals surface area (Å²) in [6.45, 7) is 2.15. The van der Waals surface area contributed by atoms with Crippen LogP contribution in [0.4, 0.5) is 0 Å². The Bertz CT molecular complexity index is 236. The van der Waals surface area contributed by atoms with E-state index in [1.807, 2.05) is 6.07 Å². The average molecular weight is 225 g/mol. The van der Waals surface area contributed by atoms with Gasteiger partial charge in [-0.15, -0.1) is 0 Å². The summed E-state index contributed by atoms with van der Waals surface area (Å²) in [7, 11) is 0. The van der Waals surface area contributed by atoms with Crippen molar-refractivity contribution in [2.45, 2.75) is 18.2 Å². The number of halogens is 1. The first-order valence-electron chi connectivity index (χ1n) is 4.14. The van der Waals surface area contributed by atoms with E-state index in [4.69, 9.17) is 0 Å². The third-order valence-electron chi connectivity index (χ3n) is 1.57. The first-order valence-corrected chi connectivity index (χ1v) is 5.06. The highest BCUT2D eigenvalue weighted by atomic mass is 79.9. The molecular formula is C11H13Br. The predicted molar refractivity (Wildman–Crippen MR) is 58.5 cm³/mol. The van der Waals surface area contributed by atoms with E-state index in [1.54, 1.807) is 0 Å². The molecule has 1 aromatic rings. The number of rotatable bonds is 3. The van der Waals surface area contributed by atoms with Gasteiger partial charge in [0.15, 0.2) is 0 Å². The van der Waals surface area contributed by atoms with Crippen molar-refractivity contribution in [2.24, 2.45) is 0 Å². The number of benzene rings is 1. The zero-order valence-electron chi connectivity index (χ0n) is 7.20. The fourth-order valence-corrected chi connectivity index (χ4v) is 1.17. The smallest absolute Gasteiger partial charge is 0.0152 e. The van der Waals surface area contributed by atoms with E-state index in [0.29, 0.717) is 4.83 Å². The van der Waals surface area contributed by atoms with Gasteiger partial charge in [-0.25, -0.2) is 0 Å². The summed E-state index contributed by atoms with van der Waals surface area (Å²) in [4.78, 5) is 0.567. The lowest BCUT2D eigenvalue weighted by atomic mass is 10.2. The molecule has 0 nitrogen and oxygen atoms in total. The van der Waals surface area contributed by atoms with Crippen LogP contribution in [0.1, 0.15) is 18.9 Å². The number of hydrogen-bond donors (Lipinski definition) is 0. The zero-order chi connectivity index (χ0) is 8.81. The molecule has 1 rings (SSSR count). The monoisotopic (exact) mass is 224 g/mol. The number of allylic oxidation sites excluding steroid dienone is 1. The Morgan fingerprint density at radius 2 is 2.00 bits per heavy atom. The number of hydrogen-bond acceptors (Lipinski definition) is 0. The van der Waals surface area contributed by atoms with Crippen molar-refractivity contribution in [3.63, 3.8) is 0 Å². The third kappa shape index (κ3) is 3.72. The lowest BCUT2D eigenvalue weighted by Gasteiger charge is -1.95. The maximum Gasteiger partial charge on any atom is 0.0152 e. The van der Waals surface area contributed by atoms with E-state index in [-0.39, 0.29) is 0 Å². The van der Waals surface area contributed by atoms with Gasteiger partial charge in [-0.05, 0) is 12.0 Å². The quantitative estimate of drug-likeness (QED) is 0.685. The van der Waals surface area contributed by atoms with Gasteiger partial charge in [0.25, 0.3) is 0 Å². The highest BCUT2D eigenvalue weighted by Crippen LogP contribution is 2.07. The summed E-state index contributed by atoms with van der Waals surface area (Å²) in [5, 5.41) is 0. The minimum atomic E-state index is 0.567. The Labute approximate surface area is 82.4 Å². The second-order valence-electron chi connectivity index (χ2n) is 2.83. The molecule has 0 N–H and O–H groups in total. The molecule has 0 fully saturated rings. The van der Waals surface area contributed by atoms with Gasteiger partial charge in [-0.3, -0.25) is 0 Å². The molecule has 0 amide bonds. The van der Waals surface area contributed by atoms with Crippen LogP contribution in [0.5, 0.6) is 0 Å². The van der Waals surface area contributed by atoms with E-state index < -0.39 is 0 Å². The molecule has 0 saturated carbocycles. The molecule has 1 atom stereocenters. The van der Waals surface area contributed by atoms with Gasteiger partial charge in [-0.2, -0.15) is 0 Å². The lowest BCUT2D eigenvalue weighted by molar-refractivity contribution is 1.00. The van der Waals surface area contributed by atoms with Crippen molar-refractivity contribution in [3.05, 3.63) is 42.0 Å². The molecule has 1 unspecified atom stereocenters. The fraction of sp³-hybridized carbons (Fsp3) is 0.273. The molecule has 0 saturated heterocycles. The first-order chi connectivity index (χ1) is 5.79. The normalized spacial score (nSPS) is 13.5. The highest BCUT2D eigenvalue weighted by molar-refractivity contribution is 9.09. The Morgan fingerprint density at radius 1 is 1.33 bits per heavy atom. The molecular weight excluding hydrogens is 212 g/mol. The van der Waals surface area contributed by atoms with Gasteiger partial charge in [-0.1, -0.05) is 65.3 Å². The van der Waals surface area contributed by atoms with Gasteiger partial charge in [0.1, 0.15) is 0 Å². The van der Waals surface area contributed by atoms with Crippen LogP contribution < -0.4 is 0 Å². The standard InChI is InChI=1S/C11H13Br/c1-10(12)6-5-9-11-7-3-2-4-8-11/h2-5,7-10H,6H2,1H3/b9-5+. The summed E-state index contributed by atoms with van der Waals surface area (Å²) in [5.74, 6) is 0. The maximum atomic E-state index is 3.50. The predicted octanol–water partition coefficient (Wildman–Crippen LogP) is 3.87. The molecule has 0 heterocycles. The Morgan fingerprint density at radius 3 is 2.58 bits per heavy atom. The summed E-state index contributed by atoms with van der Waals surface area (Å²) in [6.07, 6.45) is 5.42.